The number of nitrogens with one attached hydrogen (secondary N) is 2. The summed E-state index contributed by atoms with van der Waals surface area (Å²) in [6, 6.07) is -0.184. The van der Waals surface area contributed by atoms with E-state index in [1.807, 2.05) is 5.38 Å². The SMILES string of the molecule is CO[C@@H]1CN[C@@H](C(=O)Nc2nc(CN3CCC(C)CC3)cs2)C1.Cl. The van der Waals surface area contributed by atoms with Gasteiger partial charge in [-0.15, -0.1) is 23.7 Å². The first-order valence-corrected chi connectivity index (χ1v) is 9.26. The Morgan fingerprint density at radius 1 is 1.50 bits per heavy atom. The summed E-state index contributed by atoms with van der Waals surface area (Å²) in [4.78, 5) is 19.2. The molecule has 2 fully saturated rings. The van der Waals surface area contributed by atoms with Gasteiger partial charge in [0, 0.05) is 25.6 Å². The lowest BCUT2D eigenvalue weighted by Gasteiger charge is -2.29. The van der Waals surface area contributed by atoms with E-state index in [1.54, 1.807) is 7.11 Å². The summed E-state index contributed by atoms with van der Waals surface area (Å²) in [5.74, 6) is 0.823. The Balaban J connectivity index is 0.00000208. The van der Waals surface area contributed by atoms with Crippen LogP contribution in [0.5, 0.6) is 0 Å². The van der Waals surface area contributed by atoms with E-state index in [4.69, 9.17) is 4.74 Å². The molecule has 0 saturated carbocycles. The van der Waals surface area contributed by atoms with E-state index in [-0.39, 0.29) is 30.5 Å². The molecule has 1 amide bonds. The third-order valence-electron chi connectivity index (χ3n) is 4.78. The monoisotopic (exact) mass is 374 g/mol. The molecule has 8 heteroatoms. The molecule has 1 aromatic heterocycles. The first-order valence-electron chi connectivity index (χ1n) is 8.38. The predicted molar refractivity (Wildman–Crippen MR) is 98.9 cm³/mol. The summed E-state index contributed by atoms with van der Waals surface area (Å²) < 4.78 is 5.28. The first kappa shape index (κ1) is 19.6. The molecule has 2 aliphatic rings. The second-order valence-electron chi connectivity index (χ2n) is 6.65. The van der Waals surface area contributed by atoms with E-state index < -0.39 is 0 Å². The Morgan fingerprint density at radius 2 is 2.25 bits per heavy atom. The minimum atomic E-state index is -0.184. The molecule has 0 aromatic carbocycles. The zero-order valence-corrected chi connectivity index (χ0v) is 15.9. The summed E-state index contributed by atoms with van der Waals surface area (Å²) in [5, 5.41) is 8.85. The average molecular weight is 375 g/mol. The van der Waals surface area contributed by atoms with Crippen molar-refractivity contribution in [2.24, 2.45) is 5.92 Å². The van der Waals surface area contributed by atoms with Gasteiger partial charge in [-0.1, -0.05) is 6.92 Å². The topological polar surface area (TPSA) is 66.5 Å². The van der Waals surface area contributed by atoms with Gasteiger partial charge in [-0.05, 0) is 38.3 Å². The van der Waals surface area contributed by atoms with Crippen molar-refractivity contribution in [3.05, 3.63) is 11.1 Å². The lowest BCUT2D eigenvalue weighted by atomic mass is 9.99. The van der Waals surface area contributed by atoms with Crippen LogP contribution in [0.3, 0.4) is 0 Å². The molecule has 136 valence electrons. The molecule has 2 aliphatic heterocycles. The molecule has 0 unspecified atom stereocenters. The van der Waals surface area contributed by atoms with Gasteiger partial charge in [0.25, 0.3) is 0 Å². The highest BCUT2D eigenvalue weighted by atomic mass is 35.5. The van der Waals surface area contributed by atoms with Gasteiger partial charge >= 0.3 is 0 Å². The quantitative estimate of drug-likeness (QED) is 0.826. The maximum absolute atomic E-state index is 12.2. The minimum absolute atomic E-state index is 0. The molecule has 1 aromatic rings. The van der Waals surface area contributed by atoms with Crippen molar-refractivity contribution in [3.8, 4) is 0 Å². The van der Waals surface area contributed by atoms with Crippen molar-refractivity contribution in [2.45, 2.75) is 44.9 Å². The maximum Gasteiger partial charge on any atom is 0.243 e. The van der Waals surface area contributed by atoms with Gasteiger partial charge in [0.2, 0.25) is 5.91 Å². The number of aromatic nitrogens is 1. The van der Waals surface area contributed by atoms with Gasteiger partial charge in [0.1, 0.15) is 0 Å². The van der Waals surface area contributed by atoms with Crippen molar-refractivity contribution in [1.29, 1.82) is 0 Å². The van der Waals surface area contributed by atoms with Crippen LogP contribution in [0.2, 0.25) is 0 Å². The minimum Gasteiger partial charge on any atom is -0.380 e. The Bertz CT molecular complexity index is 534. The van der Waals surface area contributed by atoms with Crippen LogP contribution < -0.4 is 10.6 Å². The fourth-order valence-electron chi connectivity index (χ4n) is 3.16. The van der Waals surface area contributed by atoms with Gasteiger partial charge in [0.15, 0.2) is 5.13 Å². The predicted octanol–water partition coefficient (Wildman–Crippen LogP) is 2.11. The molecule has 0 aliphatic carbocycles. The zero-order valence-electron chi connectivity index (χ0n) is 14.3. The second kappa shape index (κ2) is 9.10. The molecule has 3 rings (SSSR count). The summed E-state index contributed by atoms with van der Waals surface area (Å²) in [6.45, 7) is 6.21. The molecule has 0 bridgehead atoms. The van der Waals surface area contributed by atoms with E-state index in [0.717, 1.165) is 37.8 Å². The second-order valence-corrected chi connectivity index (χ2v) is 7.50. The van der Waals surface area contributed by atoms with E-state index in [1.165, 1.54) is 24.2 Å². The molecular formula is C16H27ClN4O2S. The summed E-state index contributed by atoms with van der Waals surface area (Å²) in [6.07, 6.45) is 3.37. The standard InChI is InChI=1S/C16H26N4O2S.ClH/c1-11-3-5-20(6-4-11)9-12-10-23-16(18-12)19-15(21)14-7-13(22-2)8-17-14;/h10-11,13-14,17H,3-9H2,1-2H3,(H,18,19,21);1H/t13-,14+;/m0./s1. The highest BCUT2D eigenvalue weighted by Crippen LogP contribution is 2.21. The number of carbonyl (C=O) groups excluding carboxylic acids is 1. The van der Waals surface area contributed by atoms with Crippen LogP contribution in [0.25, 0.3) is 0 Å². The fraction of sp³-hybridized carbons (Fsp3) is 0.750. The molecule has 6 nitrogen and oxygen atoms in total. The molecule has 0 radical (unpaired) electrons. The number of methoxy groups -OCH3 is 1. The van der Waals surface area contributed by atoms with Crippen LogP contribution in [0, 0.1) is 5.92 Å². The average Bonchev–Trinajstić information content (AvgIpc) is 3.19. The van der Waals surface area contributed by atoms with Gasteiger partial charge in [-0.2, -0.15) is 0 Å². The number of nitrogens with zero attached hydrogens (tertiary/aromatic N) is 2. The van der Waals surface area contributed by atoms with E-state index in [2.05, 4.69) is 27.4 Å². The zero-order chi connectivity index (χ0) is 16.2. The van der Waals surface area contributed by atoms with Gasteiger partial charge in [-0.3, -0.25) is 9.69 Å². The Hall–Kier alpha value is -0.730. The van der Waals surface area contributed by atoms with E-state index >= 15 is 0 Å². The number of piperidine rings is 1. The van der Waals surface area contributed by atoms with E-state index in [0.29, 0.717) is 11.6 Å². The molecule has 2 saturated heterocycles. The molecule has 3 heterocycles. The number of ether oxygens (including phenoxy) is 1. The highest BCUT2D eigenvalue weighted by molar-refractivity contribution is 7.13. The number of rotatable bonds is 5. The number of hydrogen-bond acceptors (Lipinski definition) is 6. The summed E-state index contributed by atoms with van der Waals surface area (Å²) in [5.41, 5.74) is 1.05. The summed E-state index contributed by atoms with van der Waals surface area (Å²) >= 11 is 1.50. The van der Waals surface area contributed by atoms with Crippen LogP contribution in [0.15, 0.2) is 5.38 Å². The van der Waals surface area contributed by atoms with Crippen molar-refractivity contribution in [2.75, 3.05) is 32.1 Å². The Morgan fingerprint density at radius 3 is 2.92 bits per heavy atom. The van der Waals surface area contributed by atoms with Gasteiger partial charge in [0.05, 0.1) is 17.8 Å². The van der Waals surface area contributed by atoms with Crippen LogP contribution in [-0.2, 0) is 16.1 Å². The van der Waals surface area contributed by atoms with Gasteiger partial charge < -0.3 is 15.4 Å². The molecule has 0 spiro atoms. The van der Waals surface area contributed by atoms with Crippen LogP contribution in [0.1, 0.15) is 31.9 Å². The van der Waals surface area contributed by atoms with Gasteiger partial charge in [-0.25, -0.2) is 4.98 Å². The van der Waals surface area contributed by atoms with Crippen LogP contribution in [0.4, 0.5) is 5.13 Å². The van der Waals surface area contributed by atoms with Crippen molar-refractivity contribution >= 4 is 34.8 Å². The van der Waals surface area contributed by atoms with E-state index in [9.17, 15) is 4.79 Å². The molecule has 2 atom stereocenters. The lowest BCUT2D eigenvalue weighted by Crippen LogP contribution is -2.35. The third kappa shape index (κ3) is 5.13. The van der Waals surface area contributed by atoms with Crippen LogP contribution in [-0.4, -0.2) is 54.7 Å². The number of likely N-dealkylation sites (tertiary alicyclic amines) is 1. The van der Waals surface area contributed by atoms with Crippen molar-refractivity contribution in [3.63, 3.8) is 0 Å². The molecule has 2 N–H and O–H groups in total. The lowest BCUT2D eigenvalue weighted by molar-refractivity contribution is -0.118. The van der Waals surface area contributed by atoms with Crippen molar-refractivity contribution < 1.29 is 9.53 Å². The Labute approximate surface area is 153 Å². The maximum atomic E-state index is 12.2. The number of anilines is 1. The number of halogens is 1. The summed E-state index contributed by atoms with van der Waals surface area (Å²) in [7, 11) is 1.68. The van der Waals surface area contributed by atoms with Crippen molar-refractivity contribution in [1.82, 2.24) is 15.2 Å². The molecular weight excluding hydrogens is 348 g/mol. The smallest absolute Gasteiger partial charge is 0.243 e. The molecule has 24 heavy (non-hydrogen) atoms. The number of carbonyl (C=O) groups is 1. The largest absolute Gasteiger partial charge is 0.380 e. The normalized spacial score (nSPS) is 25.4. The number of amides is 1. The first-order chi connectivity index (χ1) is 11.1. The highest BCUT2D eigenvalue weighted by Gasteiger charge is 2.29. The van der Waals surface area contributed by atoms with Crippen LogP contribution >= 0.6 is 23.7 Å². The Kier molecular flexibility index (Phi) is 7.43. The number of hydrogen-bond donors (Lipinski definition) is 2. The fourth-order valence-corrected chi connectivity index (χ4v) is 3.87. The third-order valence-corrected chi connectivity index (χ3v) is 5.59. The number of thiazole rings is 1.